The summed E-state index contributed by atoms with van der Waals surface area (Å²) in [5.41, 5.74) is 1.62. The monoisotopic (exact) mass is 259 g/mol. The van der Waals surface area contributed by atoms with Gasteiger partial charge >= 0.3 is 5.97 Å². The van der Waals surface area contributed by atoms with Crippen LogP contribution in [0, 0.1) is 0 Å². The predicted molar refractivity (Wildman–Crippen MR) is 75.0 cm³/mol. The highest BCUT2D eigenvalue weighted by Crippen LogP contribution is 2.11. The van der Waals surface area contributed by atoms with E-state index in [0.29, 0.717) is 12.1 Å². The van der Waals surface area contributed by atoms with Crippen LogP contribution in [0.3, 0.4) is 0 Å². The number of rotatable bonds is 6. The Hall–Kier alpha value is -2.36. The molecule has 2 N–H and O–H groups in total. The number of carboxylic acid groups (broad SMARTS) is 1. The highest BCUT2D eigenvalue weighted by atomic mass is 16.4. The molecule has 0 aromatic heterocycles. The summed E-state index contributed by atoms with van der Waals surface area (Å²) >= 11 is 0. The third-order valence-electron chi connectivity index (χ3n) is 2.40. The van der Waals surface area contributed by atoms with Crippen molar-refractivity contribution in [3.63, 3.8) is 0 Å². The second-order valence-corrected chi connectivity index (χ2v) is 3.96. The Morgan fingerprint density at radius 3 is 2.47 bits per heavy atom. The van der Waals surface area contributed by atoms with E-state index in [9.17, 15) is 9.59 Å². The van der Waals surface area contributed by atoms with Crippen LogP contribution in [0.4, 0.5) is 5.69 Å². The number of aliphatic carboxylic acids is 1. The van der Waals surface area contributed by atoms with Crippen LogP contribution in [-0.2, 0) is 16.0 Å². The summed E-state index contributed by atoms with van der Waals surface area (Å²) < 4.78 is 0. The average molecular weight is 259 g/mol. The summed E-state index contributed by atoms with van der Waals surface area (Å²) in [6, 6.07) is 7.15. The van der Waals surface area contributed by atoms with Crippen molar-refractivity contribution >= 4 is 17.6 Å². The van der Waals surface area contributed by atoms with Crippen molar-refractivity contribution in [3.8, 4) is 0 Å². The Labute approximate surface area is 112 Å². The Balaban J connectivity index is 2.52. The van der Waals surface area contributed by atoms with E-state index in [0.717, 1.165) is 5.56 Å². The molecule has 0 unspecified atom stereocenters. The van der Waals surface area contributed by atoms with E-state index in [4.69, 9.17) is 5.11 Å². The SMILES string of the molecule is CC=CC=CC(=O)Nc1ccc(CCC(=O)O)cc1. The van der Waals surface area contributed by atoms with Crippen LogP contribution in [0.2, 0.25) is 0 Å². The van der Waals surface area contributed by atoms with Gasteiger partial charge in [0.15, 0.2) is 0 Å². The maximum atomic E-state index is 11.5. The Kier molecular flexibility index (Phi) is 6.09. The molecule has 0 atom stereocenters. The molecule has 1 aromatic carbocycles. The molecule has 0 saturated heterocycles. The zero-order valence-corrected chi connectivity index (χ0v) is 10.8. The number of benzene rings is 1. The molecule has 0 fully saturated rings. The Bertz CT molecular complexity index is 487. The van der Waals surface area contributed by atoms with E-state index < -0.39 is 5.97 Å². The Morgan fingerprint density at radius 1 is 1.21 bits per heavy atom. The van der Waals surface area contributed by atoms with E-state index in [1.54, 1.807) is 24.3 Å². The number of carbonyl (C=O) groups is 2. The summed E-state index contributed by atoms with van der Waals surface area (Å²) in [6.45, 7) is 1.87. The minimum Gasteiger partial charge on any atom is -0.481 e. The molecule has 0 aliphatic rings. The number of anilines is 1. The van der Waals surface area contributed by atoms with Crippen molar-refractivity contribution in [2.75, 3.05) is 5.32 Å². The van der Waals surface area contributed by atoms with Crippen molar-refractivity contribution in [2.24, 2.45) is 0 Å². The van der Waals surface area contributed by atoms with Gasteiger partial charge in [-0.1, -0.05) is 30.4 Å². The molecular weight excluding hydrogens is 242 g/mol. The predicted octanol–water partition coefficient (Wildman–Crippen LogP) is 2.77. The maximum absolute atomic E-state index is 11.5. The zero-order chi connectivity index (χ0) is 14.1. The fraction of sp³-hybridized carbons (Fsp3) is 0.200. The quantitative estimate of drug-likeness (QED) is 0.609. The van der Waals surface area contributed by atoms with E-state index >= 15 is 0 Å². The van der Waals surface area contributed by atoms with Crippen LogP contribution in [-0.4, -0.2) is 17.0 Å². The third kappa shape index (κ3) is 6.21. The highest BCUT2D eigenvalue weighted by Gasteiger charge is 2.00. The van der Waals surface area contributed by atoms with Crippen molar-refractivity contribution in [1.29, 1.82) is 0 Å². The molecule has 1 amide bonds. The number of allylic oxidation sites excluding steroid dienone is 3. The molecule has 0 aliphatic heterocycles. The first-order valence-electron chi connectivity index (χ1n) is 6.03. The lowest BCUT2D eigenvalue weighted by Gasteiger charge is -2.03. The lowest BCUT2D eigenvalue weighted by molar-refractivity contribution is -0.137. The largest absolute Gasteiger partial charge is 0.481 e. The summed E-state index contributed by atoms with van der Waals surface area (Å²) in [5.74, 6) is -1.01. The molecule has 0 spiro atoms. The molecule has 0 radical (unpaired) electrons. The topological polar surface area (TPSA) is 66.4 Å². The van der Waals surface area contributed by atoms with Crippen molar-refractivity contribution < 1.29 is 14.7 Å². The molecule has 4 heteroatoms. The lowest BCUT2D eigenvalue weighted by Crippen LogP contribution is -2.07. The maximum Gasteiger partial charge on any atom is 0.303 e. The molecule has 1 aromatic rings. The third-order valence-corrected chi connectivity index (χ3v) is 2.40. The van der Waals surface area contributed by atoms with E-state index in [1.807, 2.05) is 25.1 Å². The normalized spacial score (nSPS) is 11.0. The molecule has 100 valence electrons. The van der Waals surface area contributed by atoms with Gasteiger partial charge in [-0.25, -0.2) is 0 Å². The van der Waals surface area contributed by atoms with Gasteiger partial charge in [0, 0.05) is 18.2 Å². The van der Waals surface area contributed by atoms with Crippen LogP contribution >= 0.6 is 0 Å². The number of carbonyl (C=O) groups excluding carboxylic acids is 1. The number of hydrogen-bond donors (Lipinski definition) is 2. The first-order chi connectivity index (χ1) is 9.11. The summed E-state index contributed by atoms with van der Waals surface area (Å²) in [5, 5.41) is 11.3. The van der Waals surface area contributed by atoms with Gasteiger partial charge in [-0.3, -0.25) is 9.59 Å². The average Bonchev–Trinajstić information content (AvgIpc) is 2.38. The van der Waals surface area contributed by atoms with Gasteiger partial charge < -0.3 is 10.4 Å². The first kappa shape index (κ1) is 14.7. The van der Waals surface area contributed by atoms with Gasteiger partial charge in [-0.05, 0) is 31.0 Å². The number of aryl methyl sites for hydroxylation is 1. The van der Waals surface area contributed by atoms with Crippen LogP contribution in [0.1, 0.15) is 18.9 Å². The van der Waals surface area contributed by atoms with Crippen LogP contribution in [0.25, 0.3) is 0 Å². The number of carboxylic acids is 1. The van der Waals surface area contributed by atoms with Gasteiger partial charge in [0.25, 0.3) is 0 Å². The number of nitrogens with one attached hydrogen (secondary N) is 1. The second kappa shape index (κ2) is 7.87. The van der Waals surface area contributed by atoms with Gasteiger partial charge in [-0.2, -0.15) is 0 Å². The summed E-state index contributed by atoms with van der Waals surface area (Å²) in [4.78, 5) is 21.9. The molecule has 19 heavy (non-hydrogen) atoms. The van der Waals surface area contributed by atoms with Crippen molar-refractivity contribution in [2.45, 2.75) is 19.8 Å². The minimum atomic E-state index is -0.813. The van der Waals surface area contributed by atoms with E-state index in [2.05, 4.69) is 5.32 Å². The standard InChI is InChI=1S/C15H17NO3/c1-2-3-4-5-14(17)16-13-9-6-12(7-10-13)8-11-15(18)19/h2-7,9-10H,8,11H2,1H3,(H,16,17)(H,18,19). The van der Waals surface area contributed by atoms with Gasteiger partial charge in [0.1, 0.15) is 0 Å². The number of amides is 1. The first-order valence-corrected chi connectivity index (χ1v) is 6.03. The lowest BCUT2D eigenvalue weighted by atomic mass is 10.1. The van der Waals surface area contributed by atoms with Crippen LogP contribution < -0.4 is 5.32 Å². The van der Waals surface area contributed by atoms with Gasteiger partial charge in [0.05, 0.1) is 0 Å². The molecule has 0 aliphatic carbocycles. The van der Waals surface area contributed by atoms with Crippen LogP contribution in [0.15, 0.2) is 48.6 Å². The number of hydrogen-bond acceptors (Lipinski definition) is 2. The fourth-order valence-corrected chi connectivity index (χ4v) is 1.44. The molecule has 4 nitrogen and oxygen atoms in total. The summed E-state index contributed by atoms with van der Waals surface area (Å²) in [6.07, 6.45) is 7.31. The zero-order valence-electron chi connectivity index (χ0n) is 10.8. The highest BCUT2D eigenvalue weighted by molar-refractivity contribution is 5.99. The smallest absolute Gasteiger partial charge is 0.303 e. The molecule has 0 heterocycles. The van der Waals surface area contributed by atoms with Gasteiger partial charge in [-0.15, -0.1) is 0 Å². The fourth-order valence-electron chi connectivity index (χ4n) is 1.44. The molecule has 1 rings (SSSR count). The van der Waals surface area contributed by atoms with E-state index in [1.165, 1.54) is 6.08 Å². The minimum absolute atomic E-state index is 0.109. The van der Waals surface area contributed by atoms with Crippen molar-refractivity contribution in [3.05, 3.63) is 54.1 Å². The summed E-state index contributed by atoms with van der Waals surface area (Å²) in [7, 11) is 0. The Morgan fingerprint density at radius 2 is 1.89 bits per heavy atom. The van der Waals surface area contributed by atoms with Crippen LogP contribution in [0.5, 0.6) is 0 Å². The molecule has 0 bridgehead atoms. The van der Waals surface area contributed by atoms with Crippen molar-refractivity contribution in [1.82, 2.24) is 0 Å². The molecule has 0 saturated carbocycles. The van der Waals surface area contributed by atoms with E-state index in [-0.39, 0.29) is 12.3 Å². The molecular formula is C15H17NO3. The second-order valence-electron chi connectivity index (χ2n) is 3.96. The van der Waals surface area contributed by atoms with Gasteiger partial charge in [0.2, 0.25) is 5.91 Å².